The van der Waals surface area contributed by atoms with Crippen LogP contribution in [0.1, 0.15) is 16.1 Å². The molecule has 0 atom stereocenters. The van der Waals surface area contributed by atoms with Crippen molar-refractivity contribution < 1.29 is 4.79 Å². The number of anilines is 1. The molecule has 0 aromatic carbocycles. The number of carbonyl (C=O) groups excluding carboxylic acids is 1. The van der Waals surface area contributed by atoms with Gasteiger partial charge < -0.3 is 5.32 Å². The number of nitrogens with one attached hydrogen (secondary N) is 1. The summed E-state index contributed by atoms with van der Waals surface area (Å²) in [7, 11) is 1.81. The van der Waals surface area contributed by atoms with Crippen molar-refractivity contribution in [2.45, 2.75) is 6.92 Å². The molecular formula is C11H11BrN4O. The second kappa shape index (κ2) is 4.67. The van der Waals surface area contributed by atoms with Crippen LogP contribution in [0.25, 0.3) is 0 Å². The van der Waals surface area contributed by atoms with Gasteiger partial charge in [-0.2, -0.15) is 5.10 Å². The first-order valence-corrected chi connectivity index (χ1v) is 5.78. The van der Waals surface area contributed by atoms with Crippen LogP contribution in [0.5, 0.6) is 0 Å². The summed E-state index contributed by atoms with van der Waals surface area (Å²) in [6.07, 6.45) is 3.28. The van der Waals surface area contributed by atoms with E-state index in [1.54, 1.807) is 23.0 Å². The van der Waals surface area contributed by atoms with Crippen LogP contribution in [-0.2, 0) is 7.05 Å². The largest absolute Gasteiger partial charge is 0.319 e. The van der Waals surface area contributed by atoms with E-state index in [4.69, 9.17) is 0 Å². The van der Waals surface area contributed by atoms with E-state index in [1.807, 2.05) is 14.0 Å². The Kier molecular flexibility index (Phi) is 3.23. The zero-order chi connectivity index (χ0) is 12.4. The van der Waals surface area contributed by atoms with Crippen molar-refractivity contribution in [3.63, 3.8) is 0 Å². The fraction of sp³-hybridized carbons (Fsp3) is 0.182. The maximum Gasteiger partial charge on any atom is 0.257 e. The Morgan fingerprint density at radius 2 is 2.24 bits per heavy atom. The molecule has 5 nitrogen and oxygen atoms in total. The third-order valence-corrected chi connectivity index (χ3v) is 2.72. The zero-order valence-corrected chi connectivity index (χ0v) is 11.0. The summed E-state index contributed by atoms with van der Waals surface area (Å²) in [5.74, 6) is -0.193. The molecule has 0 fully saturated rings. The lowest BCUT2D eigenvalue weighted by atomic mass is 10.2. The van der Waals surface area contributed by atoms with Crippen molar-refractivity contribution >= 4 is 27.5 Å². The van der Waals surface area contributed by atoms with Crippen LogP contribution in [-0.4, -0.2) is 20.7 Å². The number of hydrogen-bond acceptors (Lipinski definition) is 3. The summed E-state index contributed by atoms with van der Waals surface area (Å²) in [6.45, 7) is 1.84. The van der Waals surface area contributed by atoms with Gasteiger partial charge in [0.2, 0.25) is 0 Å². The number of halogens is 1. The quantitative estimate of drug-likeness (QED) is 0.863. The summed E-state index contributed by atoms with van der Waals surface area (Å²) in [5.41, 5.74) is 2.00. The van der Waals surface area contributed by atoms with Crippen LogP contribution < -0.4 is 5.32 Å². The van der Waals surface area contributed by atoms with E-state index >= 15 is 0 Å². The molecule has 0 radical (unpaired) electrons. The van der Waals surface area contributed by atoms with Crippen molar-refractivity contribution in [1.82, 2.24) is 14.8 Å². The Balaban J connectivity index is 2.17. The molecule has 0 aliphatic heterocycles. The van der Waals surface area contributed by atoms with E-state index in [0.29, 0.717) is 15.9 Å². The van der Waals surface area contributed by atoms with Gasteiger partial charge >= 0.3 is 0 Å². The van der Waals surface area contributed by atoms with E-state index in [9.17, 15) is 4.79 Å². The maximum atomic E-state index is 11.9. The minimum Gasteiger partial charge on any atom is -0.319 e. The third-order valence-electron chi connectivity index (χ3n) is 2.25. The van der Waals surface area contributed by atoms with Crippen LogP contribution in [0.4, 0.5) is 5.69 Å². The van der Waals surface area contributed by atoms with E-state index in [2.05, 4.69) is 31.3 Å². The Morgan fingerprint density at radius 1 is 1.47 bits per heavy atom. The maximum absolute atomic E-state index is 11.9. The summed E-state index contributed by atoms with van der Waals surface area (Å²) in [5, 5.41) is 6.94. The number of amides is 1. The first-order valence-electron chi connectivity index (χ1n) is 4.99. The Hall–Kier alpha value is -1.69. The predicted octanol–water partition coefficient (Wildman–Crippen LogP) is 2.14. The van der Waals surface area contributed by atoms with Crippen LogP contribution in [0.2, 0.25) is 0 Å². The van der Waals surface area contributed by atoms with Gasteiger partial charge in [0.15, 0.2) is 0 Å². The molecule has 0 saturated heterocycles. The molecule has 2 rings (SSSR count). The van der Waals surface area contributed by atoms with Crippen LogP contribution >= 0.6 is 15.9 Å². The Morgan fingerprint density at radius 3 is 2.76 bits per heavy atom. The number of hydrogen-bond donors (Lipinski definition) is 1. The molecule has 0 bridgehead atoms. The highest BCUT2D eigenvalue weighted by Crippen LogP contribution is 2.13. The molecule has 17 heavy (non-hydrogen) atoms. The fourth-order valence-electron chi connectivity index (χ4n) is 1.43. The average Bonchev–Trinajstić information content (AvgIpc) is 2.58. The second-order valence-corrected chi connectivity index (χ2v) is 4.44. The minimum absolute atomic E-state index is 0.193. The van der Waals surface area contributed by atoms with E-state index < -0.39 is 0 Å². The number of carbonyl (C=O) groups is 1. The van der Waals surface area contributed by atoms with Gasteiger partial charge in [0.1, 0.15) is 4.60 Å². The number of pyridine rings is 1. The van der Waals surface area contributed by atoms with Crippen LogP contribution in [0, 0.1) is 6.92 Å². The molecule has 6 heteroatoms. The average molecular weight is 295 g/mol. The molecule has 1 amide bonds. The fourth-order valence-corrected chi connectivity index (χ4v) is 1.66. The first-order chi connectivity index (χ1) is 8.06. The van der Waals surface area contributed by atoms with Gasteiger partial charge in [0, 0.05) is 19.4 Å². The zero-order valence-electron chi connectivity index (χ0n) is 9.44. The highest BCUT2D eigenvalue weighted by atomic mass is 79.9. The number of aryl methyl sites for hydroxylation is 2. The molecular weight excluding hydrogens is 284 g/mol. The lowest BCUT2D eigenvalue weighted by Crippen LogP contribution is -2.12. The molecule has 88 valence electrons. The van der Waals surface area contributed by atoms with Crippen molar-refractivity contribution in [3.05, 3.63) is 40.4 Å². The summed E-state index contributed by atoms with van der Waals surface area (Å²) in [4.78, 5) is 15.9. The highest BCUT2D eigenvalue weighted by Gasteiger charge is 2.09. The van der Waals surface area contributed by atoms with E-state index in [-0.39, 0.29) is 5.91 Å². The molecule has 1 N–H and O–H groups in total. The number of rotatable bonds is 2. The van der Waals surface area contributed by atoms with Gasteiger partial charge in [-0.1, -0.05) is 0 Å². The Labute approximate surface area is 107 Å². The smallest absolute Gasteiger partial charge is 0.257 e. The summed E-state index contributed by atoms with van der Waals surface area (Å²) in [6, 6.07) is 3.43. The van der Waals surface area contributed by atoms with Crippen molar-refractivity contribution in [3.8, 4) is 0 Å². The van der Waals surface area contributed by atoms with Gasteiger partial charge in [-0.05, 0) is 35.0 Å². The molecule has 2 aromatic rings. The minimum atomic E-state index is -0.193. The molecule has 0 aliphatic rings. The molecule has 0 spiro atoms. The lowest BCUT2D eigenvalue weighted by Gasteiger charge is -2.02. The van der Waals surface area contributed by atoms with Crippen molar-refractivity contribution in [2.75, 3.05) is 5.32 Å². The van der Waals surface area contributed by atoms with Gasteiger partial charge in [-0.3, -0.25) is 9.48 Å². The van der Waals surface area contributed by atoms with Gasteiger partial charge in [-0.25, -0.2) is 4.98 Å². The normalized spacial score (nSPS) is 10.3. The molecule has 0 aliphatic carbocycles. The van der Waals surface area contributed by atoms with Crippen LogP contribution in [0.15, 0.2) is 29.1 Å². The van der Waals surface area contributed by atoms with Crippen molar-refractivity contribution in [2.24, 2.45) is 7.05 Å². The van der Waals surface area contributed by atoms with Gasteiger partial charge in [0.25, 0.3) is 5.91 Å². The highest BCUT2D eigenvalue weighted by molar-refractivity contribution is 9.10. The number of nitrogens with zero attached hydrogens (tertiary/aromatic N) is 3. The van der Waals surface area contributed by atoms with Crippen molar-refractivity contribution in [1.29, 1.82) is 0 Å². The molecule has 0 unspecified atom stereocenters. The standard InChI is InChI=1S/C11H11BrN4O/c1-7-9(6-16(2)15-7)14-11(17)8-3-4-10(12)13-5-8/h3-6H,1-2H3,(H,14,17). The Bertz CT molecular complexity index is 547. The molecule has 0 saturated carbocycles. The van der Waals surface area contributed by atoms with Gasteiger partial charge in [-0.15, -0.1) is 0 Å². The monoisotopic (exact) mass is 294 g/mol. The topological polar surface area (TPSA) is 59.8 Å². The first kappa shape index (κ1) is 11.8. The molecule has 2 aromatic heterocycles. The van der Waals surface area contributed by atoms with Gasteiger partial charge in [0.05, 0.1) is 16.9 Å². The summed E-state index contributed by atoms with van der Waals surface area (Å²) >= 11 is 3.22. The third kappa shape index (κ3) is 2.71. The number of aromatic nitrogens is 3. The second-order valence-electron chi connectivity index (χ2n) is 3.63. The van der Waals surface area contributed by atoms with E-state index in [1.165, 1.54) is 6.20 Å². The van der Waals surface area contributed by atoms with E-state index in [0.717, 1.165) is 5.69 Å². The SMILES string of the molecule is Cc1nn(C)cc1NC(=O)c1ccc(Br)nc1. The lowest BCUT2D eigenvalue weighted by molar-refractivity contribution is 0.102. The molecule has 2 heterocycles. The van der Waals surface area contributed by atoms with Crippen LogP contribution in [0.3, 0.4) is 0 Å². The predicted molar refractivity (Wildman–Crippen MR) is 67.8 cm³/mol. The summed E-state index contributed by atoms with van der Waals surface area (Å²) < 4.78 is 2.36.